The number of hydrogen-bond acceptors (Lipinski definition) is 6. The minimum atomic E-state index is -0.220. The van der Waals surface area contributed by atoms with Crippen molar-refractivity contribution in [1.29, 1.82) is 0 Å². The molecule has 1 fully saturated rings. The first-order valence-electron chi connectivity index (χ1n) is 10.8. The summed E-state index contributed by atoms with van der Waals surface area (Å²) in [5.74, 6) is 10.7. The molecule has 1 aliphatic heterocycles. The van der Waals surface area contributed by atoms with Crippen molar-refractivity contribution in [2.75, 3.05) is 6.61 Å². The van der Waals surface area contributed by atoms with Gasteiger partial charge < -0.3 is 9.57 Å². The van der Waals surface area contributed by atoms with Crippen molar-refractivity contribution in [3.05, 3.63) is 0 Å². The number of nitrogens with one attached hydrogen (secondary N) is 1. The summed E-state index contributed by atoms with van der Waals surface area (Å²) in [7, 11) is 0. The van der Waals surface area contributed by atoms with E-state index >= 15 is 0 Å². The van der Waals surface area contributed by atoms with Crippen LogP contribution in [-0.4, -0.2) is 31.1 Å². The number of unbranched alkanes of at least 4 members (excludes halogenated alkanes) is 11. The summed E-state index contributed by atoms with van der Waals surface area (Å²) in [5, 5.41) is 3.26. The van der Waals surface area contributed by atoms with Crippen LogP contribution in [0.15, 0.2) is 0 Å². The van der Waals surface area contributed by atoms with E-state index in [1.165, 1.54) is 70.6 Å². The highest BCUT2D eigenvalue weighted by atomic mass is 16.7. The van der Waals surface area contributed by atoms with Gasteiger partial charge in [0.2, 0.25) is 0 Å². The molecule has 1 heterocycles. The number of ether oxygens (including phenoxy) is 1. The third kappa shape index (κ3) is 10.2. The van der Waals surface area contributed by atoms with Crippen LogP contribution in [0.25, 0.3) is 0 Å². The molecule has 26 heavy (non-hydrogen) atoms. The maximum absolute atomic E-state index is 5.95. The summed E-state index contributed by atoms with van der Waals surface area (Å²) in [4.78, 5) is 9.93. The molecular formula is C20H43N3O3. The Morgan fingerprint density at radius 1 is 0.846 bits per heavy atom. The highest BCUT2D eigenvalue weighted by Crippen LogP contribution is 2.22. The first-order chi connectivity index (χ1) is 12.7. The van der Waals surface area contributed by atoms with E-state index in [1.807, 2.05) is 6.92 Å². The van der Waals surface area contributed by atoms with Gasteiger partial charge in [0.1, 0.15) is 12.3 Å². The number of hydrogen-bond donors (Lipinski definition) is 3. The van der Waals surface area contributed by atoms with Crippen molar-refractivity contribution in [3.8, 4) is 0 Å². The molecule has 0 radical (unpaired) electrons. The monoisotopic (exact) mass is 373 g/mol. The summed E-state index contributed by atoms with van der Waals surface area (Å²) < 4.78 is 5.95. The van der Waals surface area contributed by atoms with Gasteiger partial charge in [0.15, 0.2) is 0 Å². The number of nitrogens with two attached hydrogens (primary N) is 2. The zero-order valence-electron chi connectivity index (χ0n) is 17.1. The maximum Gasteiger partial charge on any atom is 0.122 e. The molecule has 1 aliphatic rings. The molecule has 1 rings (SSSR count). The lowest BCUT2D eigenvalue weighted by Crippen LogP contribution is -2.61. The Hall–Kier alpha value is -0.240. The molecule has 0 saturated carbocycles. The van der Waals surface area contributed by atoms with Crippen molar-refractivity contribution in [2.45, 2.75) is 122 Å². The van der Waals surface area contributed by atoms with Crippen molar-refractivity contribution in [3.63, 3.8) is 0 Å². The zero-order chi connectivity index (χ0) is 19.0. The molecule has 0 aromatic rings. The Morgan fingerprint density at radius 3 is 1.88 bits per heavy atom. The van der Waals surface area contributed by atoms with E-state index in [4.69, 9.17) is 26.2 Å². The second kappa shape index (κ2) is 15.8. The minimum absolute atomic E-state index is 0.000444. The van der Waals surface area contributed by atoms with E-state index in [9.17, 15) is 0 Å². The summed E-state index contributed by atoms with van der Waals surface area (Å²) >= 11 is 0. The van der Waals surface area contributed by atoms with E-state index in [2.05, 4.69) is 12.2 Å². The van der Waals surface area contributed by atoms with E-state index in [0.717, 1.165) is 12.8 Å². The fourth-order valence-electron chi connectivity index (χ4n) is 3.88. The van der Waals surface area contributed by atoms with Crippen LogP contribution in [0.4, 0.5) is 0 Å². The second-order valence-corrected chi connectivity index (χ2v) is 7.70. The second-order valence-electron chi connectivity index (χ2n) is 7.70. The van der Waals surface area contributed by atoms with Crippen LogP contribution in [0, 0.1) is 0 Å². The van der Waals surface area contributed by atoms with Crippen LogP contribution >= 0.6 is 0 Å². The van der Waals surface area contributed by atoms with Crippen molar-refractivity contribution in [1.82, 2.24) is 5.32 Å². The molecule has 0 spiro atoms. The van der Waals surface area contributed by atoms with Crippen LogP contribution in [0.2, 0.25) is 0 Å². The fourth-order valence-corrected chi connectivity index (χ4v) is 3.88. The van der Waals surface area contributed by atoms with Crippen LogP contribution in [0.1, 0.15) is 97.3 Å². The van der Waals surface area contributed by atoms with Gasteiger partial charge in [0, 0.05) is 0 Å². The Labute approximate surface area is 160 Å². The van der Waals surface area contributed by atoms with Gasteiger partial charge in [-0.05, 0) is 13.3 Å². The van der Waals surface area contributed by atoms with Crippen molar-refractivity contribution in [2.24, 2.45) is 11.8 Å². The lowest BCUT2D eigenvalue weighted by molar-refractivity contribution is -0.171. The van der Waals surface area contributed by atoms with Gasteiger partial charge in [0.05, 0.1) is 18.8 Å². The highest BCUT2D eigenvalue weighted by molar-refractivity contribution is 4.88. The Kier molecular flexibility index (Phi) is 14.4. The molecular weight excluding hydrogens is 330 g/mol. The van der Waals surface area contributed by atoms with E-state index < -0.39 is 0 Å². The highest BCUT2D eigenvalue weighted by Gasteiger charge is 2.37. The Balaban J connectivity index is 2.03. The molecule has 6 heteroatoms. The predicted octanol–water partition coefficient (Wildman–Crippen LogP) is 3.93. The van der Waals surface area contributed by atoms with Crippen LogP contribution in [-0.2, 0) is 14.4 Å². The normalized spacial score (nSPS) is 26.3. The van der Waals surface area contributed by atoms with Gasteiger partial charge in [-0.1, -0.05) is 84.0 Å². The summed E-state index contributed by atoms with van der Waals surface area (Å²) in [6.07, 6.45) is 16.9. The molecule has 1 saturated heterocycles. The predicted molar refractivity (Wildman–Crippen MR) is 106 cm³/mol. The SMILES string of the molecule is CCCCCCCCCCCCCCC1OC(C)NC(CON)[C@@H]1ON. The van der Waals surface area contributed by atoms with Crippen LogP contribution < -0.4 is 17.1 Å². The first-order valence-corrected chi connectivity index (χ1v) is 10.8. The molecule has 4 atom stereocenters. The van der Waals surface area contributed by atoms with Crippen LogP contribution in [0.3, 0.4) is 0 Å². The van der Waals surface area contributed by atoms with E-state index in [-0.39, 0.29) is 24.5 Å². The Bertz CT molecular complexity index is 321. The lowest BCUT2D eigenvalue weighted by Gasteiger charge is -2.40. The summed E-state index contributed by atoms with van der Waals surface area (Å²) in [6, 6.07) is -0.0314. The third-order valence-electron chi connectivity index (χ3n) is 5.37. The average Bonchev–Trinajstić information content (AvgIpc) is 2.62. The molecule has 0 amide bonds. The third-order valence-corrected chi connectivity index (χ3v) is 5.37. The maximum atomic E-state index is 5.95. The average molecular weight is 374 g/mol. The first kappa shape index (κ1) is 23.8. The van der Waals surface area contributed by atoms with Gasteiger partial charge in [-0.3, -0.25) is 10.2 Å². The minimum Gasteiger partial charge on any atom is -0.358 e. The van der Waals surface area contributed by atoms with Crippen molar-refractivity contribution < 1.29 is 14.4 Å². The molecule has 0 bridgehead atoms. The topological polar surface area (TPSA) is 91.8 Å². The lowest BCUT2D eigenvalue weighted by atomic mass is 9.97. The number of rotatable bonds is 16. The summed E-state index contributed by atoms with van der Waals surface area (Å²) in [6.45, 7) is 4.63. The van der Waals surface area contributed by atoms with Gasteiger partial charge in [0.25, 0.3) is 0 Å². The van der Waals surface area contributed by atoms with Crippen LogP contribution in [0.5, 0.6) is 0 Å². The largest absolute Gasteiger partial charge is 0.358 e. The zero-order valence-corrected chi connectivity index (χ0v) is 17.1. The quantitative estimate of drug-likeness (QED) is 0.280. The smallest absolute Gasteiger partial charge is 0.122 e. The molecule has 6 nitrogen and oxygen atoms in total. The van der Waals surface area contributed by atoms with Gasteiger partial charge in [-0.25, -0.2) is 11.8 Å². The van der Waals surface area contributed by atoms with Gasteiger partial charge in [-0.2, -0.15) is 0 Å². The van der Waals surface area contributed by atoms with E-state index in [1.54, 1.807) is 0 Å². The fraction of sp³-hybridized carbons (Fsp3) is 1.00. The molecule has 0 aliphatic carbocycles. The van der Waals surface area contributed by atoms with Gasteiger partial charge >= 0.3 is 0 Å². The standard InChI is InChI=1S/C20H43N3O3/c1-3-4-5-6-7-8-9-10-11-12-13-14-15-19-20(26-22)18(16-24-21)23-17(2)25-19/h17-20,23H,3-16,21-22H2,1-2H3/t17?,18?,19?,20-/m0/s1. The van der Waals surface area contributed by atoms with E-state index in [0.29, 0.717) is 6.61 Å². The van der Waals surface area contributed by atoms with Crippen molar-refractivity contribution >= 4 is 0 Å². The molecule has 156 valence electrons. The molecule has 0 aromatic heterocycles. The molecule has 0 aromatic carbocycles. The molecule has 5 N–H and O–H groups in total. The van der Waals surface area contributed by atoms with Gasteiger partial charge in [-0.15, -0.1) is 0 Å². The molecule has 3 unspecified atom stereocenters. The summed E-state index contributed by atoms with van der Waals surface area (Å²) in [5.41, 5.74) is 0. The Morgan fingerprint density at radius 2 is 1.38 bits per heavy atom.